The number of pyridine rings is 1. The normalized spacial score (nSPS) is 10.4. The summed E-state index contributed by atoms with van der Waals surface area (Å²) in [6.45, 7) is 8.00. The number of hydrogen-bond donors (Lipinski definition) is 1. The number of fused-ring (bicyclic) bond motifs is 2. The summed E-state index contributed by atoms with van der Waals surface area (Å²) < 4.78 is 21.6. The molecule has 0 fully saturated rings. The summed E-state index contributed by atoms with van der Waals surface area (Å²) in [6.07, 6.45) is 2.82. The van der Waals surface area contributed by atoms with Gasteiger partial charge in [-0.25, -0.2) is 13.8 Å². The van der Waals surface area contributed by atoms with Crippen LogP contribution in [-0.2, 0) is 7.05 Å². The van der Waals surface area contributed by atoms with Crippen LogP contribution in [0, 0.1) is 17.1 Å². The molecule has 37 heavy (non-hydrogen) atoms. The Kier molecular flexibility index (Phi) is 8.47. The Morgan fingerprint density at radius 1 is 1.16 bits per heavy atom. The number of ether oxygens (including phenoxy) is 1. The number of benzene rings is 1. The highest BCUT2D eigenvalue weighted by Crippen LogP contribution is 2.38. The molecule has 12 heteroatoms. The van der Waals surface area contributed by atoms with E-state index in [1.807, 2.05) is 33.8 Å². The minimum Gasteiger partial charge on any atom is -0.494 e. The Balaban J connectivity index is 0.000000907. The van der Waals surface area contributed by atoms with Gasteiger partial charge in [0.15, 0.2) is 17.3 Å². The Hall–Kier alpha value is -4.01. The van der Waals surface area contributed by atoms with Crippen molar-refractivity contribution in [2.45, 2.75) is 27.7 Å². The fourth-order valence-electron chi connectivity index (χ4n) is 3.69. The van der Waals surface area contributed by atoms with Crippen molar-refractivity contribution in [1.82, 2.24) is 24.3 Å². The van der Waals surface area contributed by atoms with Gasteiger partial charge in [0.1, 0.15) is 10.8 Å². The first kappa shape index (κ1) is 27.6. The maximum atomic E-state index is 14.0. The maximum absolute atomic E-state index is 14.0. The second kappa shape index (κ2) is 11.4. The molecule has 0 aliphatic heterocycles. The summed E-state index contributed by atoms with van der Waals surface area (Å²) in [5, 5.41) is 14.0. The molecule has 5 aromatic rings. The third-order valence-electron chi connectivity index (χ3n) is 5.15. The van der Waals surface area contributed by atoms with Crippen molar-refractivity contribution in [2.24, 2.45) is 7.05 Å². The molecule has 0 radical (unpaired) electrons. The Morgan fingerprint density at radius 2 is 1.86 bits per heavy atom. The lowest BCUT2D eigenvalue weighted by atomic mass is 10.1. The summed E-state index contributed by atoms with van der Waals surface area (Å²) in [4.78, 5) is 33.7. The minimum atomic E-state index is -0.686. The van der Waals surface area contributed by atoms with E-state index in [2.05, 4.69) is 15.1 Å². The van der Waals surface area contributed by atoms with E-state index >= 15 is 0 Å². The molecule has 4 aromatic heterocycles. The summed E-state index contributed by atoms with van der Waals surface area (Å²) in [5.41, 5.74) is 0.231. The van der Waals surface area contributed by atoms with Gasteiger partial charge in [-0.1, -0.05) is 39.3 Å². The minimum absolute atomic E-state index is 0.0000162. The van der Waals surface area contributed by atoms with Crippen LogP contribution in [0.4, 0.5) is 4.39 Å². The lowest BCUT2D eigenvalue weighted by Gasteiger charge is -2.07. The van der Waals surface area contributed by atoms with Crippen LogP contribution in [0.3, 0.4) is 0 Å². The van der Waals surface area contributed by atoms with Gasteiger partial charge in [-0.2, -0.15) is 10.4 Å². The van der Waals surface area contributed by atoms with E-state index in [0.29, 0.717) is 26.9 Å². The highest BCUT2D eigenvalue weighted by atomic mass is 35.5. The van der Waals surface area contributed by atoms with Crippen molar-refractivity contribution in [3.05, 3.63) is 68.0 Å². The number of nitrogens with zero attached hydrogens (tertiary/aromatic N) is 5. The van der Waals surface area contributed by atoms with E-state index in [-0.39, 0.29) is 26.9 Å². The molecular weight excluding hydrogens is 519 g/mol. The van der Waals surface area contributed by atoms with Crippen LogP contribution in [0.2, 0.25) is 5.02 Å². The first-order valence-electron chi connectivity index (χ1n) is 11.4. The van der Waals surface area contributed by atoms with E-state index in [1.165, 1.54) is 30.3 Å². The number of aromatic amines is 1. The molecule has 0 unspecified atom stereocenters. The zero-order valence-electron chi connectivity index (χ0n) is 21.0. The Morgan fingerprint density at radius 3 is 2.51 bits per heavy atom. The number of halogens is 2. The first-order valence-corrected chi connectivity index (χ1v) is 12.6. The van der Waals surface area contributed by atoms with Crippen LogP contribution in [0.25, 0.3) is 37.2 Å². The fourth-order valence-corrected chi connectivity index (χ4v) is 5.07. The second-order valence-electron chi connectivity index (χ2n) is 7.03. The number of methoxy groups -OCH3 is 1. The van der Waals surface area contributed by atoms with Crippen LogP contribution in [0.1, 0.15) is 33.4 Å². The zero-order valence-corrected chi connectivity index (χ0v) is 22.6. The number of nitrogens with one attached hydrogen (secondary N) is 1. The van der Waals surface area contributed by atoms with E-state index in [1.54, 1.807) is 13.1 Å². The average molecular weight is 543 g/mol. The molecule has 0 aliphatic carbocycles. The van der Waals surface area contributed by atoms with Gasteiger partial charge in [0.2, 0.25) is 0 Å². The van der Waals surface area contributed by atoms with Crippen molar-refractivity contribution < 1.29 is 9.13 Å². The smallest absolute Gasteiger partial charge is 0.333 e. The molecule has 4 heterocycles. The summed E-state index contributed by atoms with van der Waals surface area (Å²) >= 11 is 7.32. The van der Waals surface area contributed by atoms with Crippen LogP contribution in [0.15, 0.2) is 40.2 Å². The van der Waals surface area contributed by atoms with E-state index in [9.17, 15) is 19.2 Å². The molecular formula is C25H24ClFN6O3S. The largest absolute Gasteiger partial charge is 0.494 e. The van der Waals surface area contributed by atoms with E-state index < -0.39 is 17.1 Å². The maximum Gasteiger partial charge on any atom is 0.333 e. The van der Waals surface area contributed by atoms with Crippen LogP contribution >= 0.6 is 22.9 Å². The van der Waals surface area contributed by atoms with Crippen molar-refractivity contribution in [2.75, 3.05) is 7.11 Å². The molecule has 1 N–H and O–H groups in total. The van der Waals surface area contributed by atoms with Gasteiger partial charge in [0.05, 0.1) is 40.4 Å². The van der Waals surface area contributed by atoms with Gasteiger partial charge < -0.3 is 9.72 Å². The third kappa shape index (κ3) is 4.73. The zero-order chi connectivity index (χ0) is 27.4. The standard InChI is InChI=1S/C21H12ClFN6O3S.2C2H6/c1-28-18-10(14(6-24)27-28)7-25-8-15(18)29-20(30)19-13(26-21(29)31)5-17(33-19)9-3-16(32-2)12(23)4-11(9)22;2*1-2/h3-5,7-8H,1-2H3,(H,26,31);2*1-2H3. The van der Waals surface area contributed by atoms with Crippen molar-refractivity contribution in [3.63, 3.8) is 0 Å². The second-order valence-corrected chi connectivity index (χ2v) is 8.49. The van der Waals surface area contributed by atoms with Gasteiger partial charge >= 0.3 is 5.69 Å². The molecule has 5 rings (SSSR count). The van der Waals surface area contributed by atoms with Gasteiger partial charge in [-0.3, -0.25) is 14.5 Å². The molecule has 0 bridgehead atoms. The molecule has 9 nitrogen and oxygen atoms in total. The van der Waals surface area contributed by atoms with Gasteiger partial charge in [-0.05, 0) is 18.2 Å². The lowest BCUT2D eigenvalue weighted by molar-refractivity contribution is 0.387. The molecule has 0 aliphatic rings. The summed E-state index contributed by atoms with van der Waals surface area (Å²) in [5.74, 6) is -0.614. The SMILES string of the molecule is CC.CC.COc1cc(-c2cc3[nH]c(=O)n(-c4cncc5c(C#N)nn(C)c45)c(=O)c3s2)c(Cl)cc1F. The monoisotopic (exact) mass is 542 g/mol. The predicted octanol–water partition coefficient (Wildman–Crippen LogP) is 5.41. The number of hydrogen-bond acceptors (Lipinski definition) is 7. The summed E-state index contributed by atoms with van der Waals surface area (Å²) in [7, 11) is 2.94. The van der Waals surface area contributed by atoms with Gasteiger partial charge in [0, 0.05) is 23.7 Å². The van der Waals surface area contributed by atoms with Crippen LogP contribution in [-0.4, -0.2) is 31.4 Å². The summed E-state index contributed by atoms with van der Waals surface area (Å²) in [6, 6.07) is 6.14. The predicted molar refractivity (Wildman–Crippen MR) is 144 cm³/mol. The number of H-pyrrole nitrogens is 1. The molecule has 0 spiro atoms. The van der Waals surface area contributed by atoms with Crippen LogP contribution < -0.4 is 16.0 Å². The van der Waals surface area contributed by atoms with Crippen molar-refractivity contribution in [3.8, 4) is 27.9 Å². The Labute approximate surface area is 220 Å². The molecule has 0 amide bonds. The Bertz CT molecular complexity index is 1760. The highest BCUT2D eigenvalue weighted by Gasteiger charge is 2.20. The fraction of sp³-hybridized carbons (Fsp3) is 0.240. The van der Waals surface area contributed by atoms with Crippen molar-refractivity contribution >= 4 is 44.1 Å². The first-order chi connectivity index (χ1) is 17.8. The molecule has 192 valence electrons. The van der Waals surface area contributed by atoms with Gasteiger partial charge in [0.25, 0.3) is 5.56 Å². The van der Waals surface area contributed by atoms with E-state index in [4.69, 9.17) is 16.3 Å². The average Bonchev–Trinajstić information content (AvgIpc) is 3.48. The molecule has 0 saturated heterocycles. The number of aromatic nitrogens is 5. The number of rotatable bonds is 3. The van der Waals surface area contributed by atoms with E-state index in [0.717, 1.165) is 22.0 Å². The number of thiophene rings is 1. The van der Waals surface area contributed by atoms with Crippen molar-refractivity contribution in [1.29, 1.82) is 5.26 Å². The topological polar surface area (TPSA) is 119 Å². The van der Waals surface area contributed by atoms with Gasteiger partial charge in [-0.15, -0.1) is 11.3 Å². The molecule has 0 atom stereocenters. The number of aryl methyl sites for hydroxylation is 1. The molecule has 1 aromatic carbocycles. The van der Waals surface area contributed by atoms with Crippen LogP contribution in [0.5, 0.6) is 5.75 Å². The lowest BCUT2D eigenvalue weighted by Crippen LogP contribution is -2.33. The quantitative estimate of drug-likeness (QED) is 0.325. The third-order valence-corrected chi connectivity index (χ3v) is 6.62. The molecule has 0 saturated carbocycles. The highest BCUT2D eigenvalue weighted by molar-refractivity contribution is 7.22. The number of nitriles is 1.